The van der Waals surface area contributed by atoms with Crippen LogP contribution in [0.15, 0.2) is 0 Å². The summed E-state index contributed by atoms with van der Waals surface area (Å²) >= 11 is 0. The number of ether oxygens (including phenoxy) is 1. The summed E-state index contributed by atoms with van der Waals surface area (Å²) in [6, 6.07) is 0. The number of sulfone groups is 1. The van der Waals surface area contributed by atoms with Crippen LogP contribution in [0.2, 0.25) is 0 Å². The minimum Gasteiger partial charge on any atom is -0.312 e. The molecule has 6 fully saturated rings. The highest BCUT2D eigenvalue weighted by Gasteiger charge is 2.67. The highest BCUT2D eigenvalue weighted by Crippen LogP contribution is 2.63. The number of rotatable bonds is 0. The van der Waals surface area contributed by atoms with Crippen LogP contribution in [0.3, 0.4) is 0 Å². The van der Waals surface area contributed by atoms with Crippen molar-refractivity contribution in [1.29, 1.82) is 0 Å². The second-order valence-corrected chi connectivity index (χ2v) is 10.2. The highest BCUT2D eigenvalue weighted by atomic mass is 32.2. The Morgan fingerprint density at radius 2 is 1.38 bits per heavy atom. The number of hydrogen-bond donors (Lipinski definition) is 0. The molecule has 6 heteroatoms. The smallest absolute Gasteiger partial charge is 0.210 e. The fourth-order valence-corrected chi connectivity index (χ4v) is 7.09. The lowest BCUT2D eigenvalue weighted by molar-refractivity contribution is -0.389. The normalized spacial score (nSPS) is 52.8. The first kappa shape index (κ1) is 13.3. The van der Waals surface area contributed by atoms with Gasteiger partial charge in [0.25, 0.3) is 0 Å². The molecule has 21 heavy (non-hydrogen) atoms. The van der Waals surface area contributed by atoms with Gasteiger partial charge in [-0.25, -0.2) is 8.42 Å². The molecule has 0 amide bonds. The molecule has 2 aliphatic heterocycles. The summed E-state index contributed by atoms with van der Waals surface area (Å²) in [4.78, 5) is 11.5. The Morgan fingerprint density at radius 1 is 0.810 bits per heavy atom. The van der Waals surface area contributed by atoms with E-state index >= 15 is 0 Å². The molecular weight excluding hydrogens is 292 g/mol. The van der Waals surface area contributed by atoms with E-state index in [0.29, 0.717) is 24.7 Å². The van der Waals surface area contributed by atoms with Gasteiger partial charge in [-0.15, -0.1) is 0 Å². The average molecular weight is 314 g/mol. The SMILES string of the molecule is O=S1(=O)CCC2(CC1)OOC1(O2)C2CC3CC(C2)CC1C3. The lowest BCUT2D eigenvalue weighted by atomic mass is 9.53. The van der Waals surface area contributed by atoms with Crippen LogP contribution in [0.5, 0.6) is 0 Å². The van der Waals surface area contributed by atoms with Gasteiger partial charge < -0.3 is 4.74 Å². The first-order valence-electron chi connectivity index (χ1n) is 8.26. The van der Waals surface area contributed by atoms with E-state index in [4.69, 9.17) is 14.5 Å². The van der Waals surface area contributed by atoms with E-state index in [1.807, 2.05) is 0 Å². The van der Waals surface area contributed by atoms with Gasteiger partial charge in [-0.2, -0.15) is 9.78 Å². The van der Waals surface area contributed by atoms with E-state index in [2.05, 4.69) is 0 Å². The molecule has 5 nitrogen and oxygen atoms in total. The molecule has 0 unspecified atom stereocenters. The van der Waals surface area contributed by atoms with E-state index in [1.54, 1.807) is 0 Å². The maximum absolute atomic E-state index is 11.7. The summed E-state index contributed by atoms with van der Waals surface area (Å²) in [5.74, 6) is 1.47. The van der Waals surface area contributed by atoms with Gasteiger partial charge in [-0.05, 0) is 43.9 Å². The number of hydrogen-bond acceptors (Lipinski definition) is 5. The zero-order valence-electron chi connectivity index (χ0n) is 12.1. The largest absolute Gasteiger partial charge is 0.312 e. The fraction of sp³-hybridized carbons (Fsp3) is 1.00. The summed E-state index contributed by atoms with van der Waals surface area (Å²) in [6.07, 6.45) is 6.94. The van der Waals surface area contributed by atoms with Crippen LogP contribution < -0.4 is 0 Å². The molecule has 0 aromatic rings. The first-order chi connectivity index (χ1) is 9.99. The van der Waals surface area contributed by atoms with Gasteiger partial charge in [-0.1, -0.05) is 0 Å². The standard InChI is InChI=1S/C15H22O5S/c16-21(17)3-1-14(2-4-21)18-15(20-19-14)12-6-10-5-11(8-12)9-13(15)7-10/h10-13H,1-9H2. The van der Waals surface area contributed by atoms with E-state index in [1.165, 1.54) is 32.1 Å². The molecule has 2 saturated heterocycles. The van der Waals surface area contributed by atoms with Gasteiger partial charge in [0, 0.05) is 24.7 Å². The third-order valence-electron chi connectivity index (χ3n) is 6.53. The monoisotopic (exact) mass is 314 g/mol. The van der Waals surface area contributed by atoms with Crippen molar-refractivity contribution in [3.63, 3.8) is 0 Å². The van der Waals surface area contributed by atoms with Crippen LogP contribution in [-0.4, -0.2) is 31.5 Å². The molecule has 2 spiro atoms. The molecule has 0 aromatic carbocycles. The lowest BCUT2D eigenvalue weighted by Gasteiger charge is -2.57. The zero-order valence-corrected chi connectivity index (χ0v) is 12.9. The molecule has 4 bridgehead atoms. The second-order valence-electron chi connectivity index (χ2n) is 7.86. The van der Waals surface area contributed by atoms with Gasteiger partial charge >= 0.3 is 0 Å². The van der Waals surface area contributed by atoms with Crippen molar-refractivity contribution in [2.24, 2.45) is 23.7 Å². The van der Waals surface area contributed by atoms with Gasteiger partial charge in [0.05, 0.1) is 11.5 Å². The zero-order chi connectivity index (χ0) is 14.3. The van der Waals surface area contributed by atoms with Crippen LogP contribution in [0.1, 0.15) is 44.9 Å². The van der Waals surface area contributed by atoms with E-state index in [9.17, 15) is 8.42 Å². The van der Waals surface area contributed by atoms with Crippen molar-refractivity contribution in [3.05, 3.63) is 0 Å². The molecule has 2 heterocycles. The summed E-state index contributed by atoms with van der Waals surface area (Å²) in [5.41, 5.74) is 0. The molecule has 0 N–H and O–H groups in total. The molecule has 4 saturated carbocycles. The van der Waals surface area contributed by atoms with Crippen LogP contribution in [0.25, 0.3) is 0 Å². The van der Waals surface area contributed by atoms with E-state index in [-0.39, 0.29) is 11.5 Å². The van der Waals surface area contributed by atoms with Crippen LogP contribution >= 0.6 is 0 Å². The summed E-state index contributed by atoms with van der Waals surface area (Å²) in [6.45, 7) is 0. The quantitative estimate of drug-likeness (QED) is 0.640. The Labute approximate surface area is 125 Å². The van der Waals surface area contributed by atoms with Crippen LogP contribution in [-0.2, 0) is 24.3 Å². The average Bonchev–Trinajstić information content (AvgIpc) is 2.81. The molecule has 6 rings (SSSR count). The molecule has 0 aromatic heterocycles. The van der Waals surface area contributed by atoms with Crippen molar-refractivity contribution < 1.29 is 22.9 Å². The Hall–Kier alpha value is -0.170. The van der Waals surface area contributed by atoms with Crippen LogP contribution in [0.4, 0.5) is 0 Å². The topological polar surface area (TPSA) is 61.8 Å². The third kappa shape index (κ3) is 1.82. The Bertz CT molecular complexity index is 527. The first-order valence-corrected chi connectivity index (χ1v) is 10.1. The summed E-state index contributed by atoms with van der Waals surface area (Å²) in [7, 11) is -2.92. The van der Waals surface area contributed by atoms with Crippen LogP contribution in [0, 0.1) is 23.7 Å². The van der Waals surface area contributed by atoms with Crippen molar-refractivity contribution in [2.75, 3.05) is 11.5 Å². The van der Waals surface area contributed by atoms with Crippen molar-refractivity contribution in [1.82, 2.24) is 0 Å². The summed E-state index contributed by atoms with van der Waals surface area (Å²) < 4.78 is 29.7. The minimum absolute atomic E-state index is 0.146. The predicted octanol–water partition coefficient (Wildman–Crippen LogP) is 2.02. The van der Waals surface area contributed by atoms with E-state index in [0.717, 1.165) is 11.8 Å². The van der Waals surface area contributed by atoms with Gasteiger partial charge in [-0.3, -0.25) is 0 Å². The predicted molar refractivity (Wildman–Crippen MR) is 73.6 cm³/mol. The molecular formula is C15H22O5S. The third-order valence-corrected chi connectivity index (χ3v) is 8.19. The molecule has 0 radical (unpaired) electrons. The van der Waals surface area contributed by atoms with Crippen molar-refractivity contribution >= 4 is 9.84 Å². The summed E-state index contributed by atoms with van der Waals surface area (Å²) in [5, 5.41) is 0. The van der Waals surface area contributed by atoms with Crippen molar-refractivity contribution in [2.45, 2.75) is 56.5 Å². The molecule has 118 valence electrons. The minimum atomic E-state index is -2.92. The van der Waals surface area contributed by atoms with Crippen molar-refractivity contribution in [3.8, 4) is 0 Å². The molecule has 4 aliphatic carbocycles. The Morgan fingerprint density at radius 3 is 1.95 bits per heavy atom. The van der Waals surface area contributed by atoms with Gasteiger partial charge in [0.15, 0.2) is 9.84 Å². The maximum Gasteiger partial charge on any atom is 0.210 e. The molecule has 6 aliphatic rings. The Kier molecular flexibility index (Phi) is 2.54. The van der Waals surface area contributed by atoms with E-state index < -0.39 is 21.4 Å². The Balaban J connectivity index is 1.42. The lowest BCUT2D eigenvalue weighted by Crippen LogP contribution is -2.59. The second kappa shape index (κ2) is 4.02. The van der Waals surface area contributed by atoms with Gasteiger partial charge in [0.2, 0.25) is 11.6 Å². The maximum atomic E-state index is 11.7. The van der Waals surface area contributed by atoms with Gasteiger partial charge in [0.1, 0.15) is 0 Å². The fourth-order valence-electron chi connectivity index (χ4n) is 5.64. The highest BCUT2D eigenvalue weighted by molar-refractivity contribution is 7.91. The molecule has 0 atom stereocenters.